The highest BCUT2D eigenvalue weighted by Crippen LogP contribution is 2.74. The zero-order valence-electron chi connectivity index (χ0n) is 11.6. The molecule has 0 bridgehead atoms. The van der Waals surface area contributed by atoms with Crippen LogP contribution in [0.1, 0.15) is 46.5 Å². The van der Waals surface area contributed by atoms with Gasteiger partial charge in [0.25, 0.3) is 0 Å². The molecule has 0 radical (unpaired) electrons. The lowest BCUT2D eigenvalue weighted by Gasteiger charge is -2.25. The number of rotatable bonds is 5. The van der Waals surface area contributed by atoms with Crippen molar-refractivity contribution in [1.29, 1.82) is 0 Å². The molecule has 3 unspecified atom stereocenters. The molecule has 1 saturated heterocycles. The molecule has 0 aromatic rings. The highest BCUT2D eigenvalue weighted by atomic mass is 16.5. The van der Waals surface area contributed by atoms with Crippen molar-refractivity contribution in [1.82, 2.24) is 5.32 Å². The molecule has 0 spiro atoms. The van der Waals surface area contributed by atoms with E-state index in [0.717, 1.165) is 31.1 Å². The third-order valence-electron chi connectivity index (χ3n) is 6.04. The summed E-state index contributed by atoms with van der Waals surface area (Å²) in [5.74, 6) is 1.68. The van der Waals surface area contributed by atoms with Gasteiger partial charge in [-0.25, -0.2) is 0 Å². The van der Waals surface area contributed by atoms with Crippen LogP contribution in [0.4, 0.5) is 0 Å². The van der Waals surface area contributed by atoms with Crippen LogP contribution in [-0.4, -0.2) is 25.8 Å². The first-order chi connectivity index (χ1) is 8.13. The maximum Gasteiger partial charge on any atom is 0.0500 e. The van der Waals surface area contributed by atoms with Crippen LogP contribution in [0.5, 0.6) is 0 Å². The smallest absolute Gasteiger partial charge is 0.0500 e. The summed E-state index contributed by atoms with van der Waals surface area (Å²) in [6, 6.07) is 0.848. The minimum Gasteiger partial charge on any atom is -0.381 e. The number of nitrogens with one attached hydrogen (secondary N) is 1. The van der Waals surface area contributed by atoms with Gasteiger partial charge in [-0.15, -0.1) is 0 Å². The van der Waals surface area contributed by atoms with Crippen molar-refractivity contribution < 1.29 is 4.74 Å². The average Bonchev–Trinajstić information content (AvgIpc) is 3.10. The van der Waals surface area contributed by atoms with E-state index in [1.807, 2.05) is 0 Å². The molecular weight excluding hydrogens is 210 g/mol. The highest BCUT2D eigenvalue weighted by molar-refractivity contribution is 5.20. The second kappa shape index (κ2) is 3.96. The lowest BCUT2D eigenvalue weighted by Crippen LogP contribution is -2.25. The quantitative estimate of drug-likeness (QED) is 0.794. The normalized spacial score (nSPS) is 43.9. The van der Waals surface area contributed by atoms with E-state index in [0.29, 0.717) is 10.8 Å². The molecule has 3 fully saturated rings. The first kappa shape index (κ1) is 12.0. The van der Waals surface area contributed by atoms with Crippen LogP contribution >= 0.6 is 0 Å². The zero-order valence-corrected chi connectivity index (χ0v) is 11.6. The maximum absolute atomic E-state index is 5.64. The molecule has 1 aliphatic heterocycles. The molecule has 98 valence electrons. The summed E-state index contributed by atoms with van der Waals surface area (Å²) in [4.78, 5) is 0. The van der Waals surface area contributed by atoms with Crippen molar-refractivity contribution in [3.8, 4) is 0 Å². The predicted molar refractivity (Wildman–Crippen MR) is 69.9 cm³/mol. The van der Waals surface area contributed by atoms with Crippen LogP contribution in [0.3, 0.4) is 0 Å². The van der Waals surface area contributed by atoms with Gasteiger partial charge in [0.1, 0.15) is 0 Å². The molecule has 1 N–H and O–H groups in total. The van der Waals surface area contributed by atoms with Crippen LogP contribution < -0.4 is 5.32 Å². The van der Waals surface area contributed by atoms with Crippen molar-refractivity contribution in [2.24, 2.45) is 22.7 Å². The van der Waals surface area contributed by atoms with Crippen LogP contribution in [0.2, 0.25) is 0 Å². The topological polar surface area (TPSA) is 21.3 Å². The summed E-state index contributed by atoms with van der Waals surface area (Å²) in [5.41, 5.74) is 1.08. The Morgan fingerprint density at radius 1 is 1.24 bits per heavy atom. The monoisotopic (exact) mass is 237 g/mol. The van der Waals surface area contributed by atoms with E-state index in [-0.39, 0.29) is 0 Å². The van der Waals surface area contributed by atoms with Crippen LogP contribution in [0.25, 0.3) is 0 Å². The fourth-order valence-electron chi connectivity index (χ4n) is 4.75. The third-order valence-corrected chi connectivity index (χ3v) is 6.04. The van der Waals surface area contributed by atoms with Gasteiger partial charge in [0.05, 0.1) is 6.61 Å². The van der Waals surface area contributed by atoms with Crippen LogP contribution in [-0.2, 0) is 4.74 Å². The van der Waals surface area contributed by atoms with Gasteiger partial charge in [-0.3, -0.25) is 0 Å². The Kier molecular flexibility index (Phi) is 2.79. The molecule has 2 heteroatoms. The number of ether oxygens (including phenoxy) is 1. The summed E-state index contributed by atoms with van der Waals surface area (Å²) < 4.78 is 5.64. The van der Waals surface area contributed by atoms with E-state index < -0.39 is 0 Å². The van der Waals surface area contributed by atoms with Gasteiger partial charge < -0.3 is 10.1 Å². The average molecular weight is 237 g/mol. The summed E-state index contributed by atoms with van der Waals surface area (Å²) >= 11 is 0. The first-order valence-corrected chi connectivity index (χ1v) is 7.44. The molecule has 2 saturated carbocycles. The standard InChI is InChI=1S/C15H27NO/c1-4-15(11-7-8-17-10-11)13(14(15,2)3)9-16-12-5-6-12/h11-13,16H,4-10H2,1-3H3. The minimum atomic E-state index is 0.516. The van der Waals surface area contributed by atoms with Gasteiger partial charge in [-0.05, 0) is 54.9 Å². The van der Waals surface area contributed by atoms with Gasteiger partial charge in [0.15, 0.2) is 0 Å². The SMILES string of the molecule is CCC1(C2CCOC2)C(CNC2CC2)C1(C)C. The fraction of sp³-hybridized carbons (Fsp3) is 1.00. The van der Waals surface area contributed by atoms with Crippen LogP contribution in [0, 0.1) is 22.7 Å². The lowest BCUT2D eigenvalue weighted by molar-refractivity contribution is 0.149. The Morgan fingerprint density at radius 2 is 2.00 bits per heavy atom. The Labute approximate surface area is 105 Å². The summed E-state index contributed by atoms with van der Waals surface area (Å²) in [6.07, 6.45) is 5.42. The molecule has 0 aromatic carbocycles. The molecular formula is C15H27NO. The Morgan fingerprint density at radius 3 is 2.53 bits per heavy atom. The van der Waals surface area contributed by atoms with Gasteiger partial charge >= 0.3 is 0 Å². The second-order valence-electron chi connectivity index (χ2n) is 6.91. The number of hydrogen-bond donors (Lipinski definition) is 1. The van der Waals surface area contributed by atoms with Gasteiger partial charge in [0, 0.05) is 12.6 Å². The van der Waals surface area contributed by atoms with Gasteiger partial charge in [0.2, 0.25) is 0 Å². The Bertz CT molecular complexity index is 291. The van der Waals surface area contributed by atoms with Crippen molar-refractivity contribution >= 4 is 0 Å². The van der Waals surface area contributed by atoms with Crippen molar-refractivity contribution in [3.63, 3.8) is 0 Å². The van der Waals surface area contributed by atoms with E-state index >= 15 is 0 Å². The molecule has 2 aliphatic carbocycles. The zero-order chi connectivity index (χ0) is 12.1. The van der Waals surface area contributed by atoms with Crippen LogP contribution in [0.15, 0.2) is 0 Å². The molecule has 1 heterocycles. The summed E-state index contributed by atoms with van der Waals surface area (Å²) in [7, 11) is 0. The molecule has 2 nitrogen and oxygen atoms in total. The molecule has 0 aromatic heterocycles. The molecule has 3 rings (SSSR count). The van der Waals surface area contributed by atoms with Gasteiger partial charge in [-0.1, -0.05) is 20.8 Å². The van der Waals surface area contributed by atoms with Gasteiger partial charge in [-0.2, -0.15) is 0 Å². The van der Waals surface area contributed by atoms with Crippen molar-refractivity contribution in [3.05, 3.63) is 0 Å². The minimum absolute atomic E-state index is 0.516. The molecule has 3 atom stereocenters. The Hall–Kier alpha value is -0.0800. The van der Waals surface area contributed by atoms with E-state index in [9.17, 15) is 0 Å². The predicted octanol–water partition coefficient (Wildman–Crippen LogP) is 2.83. The van der Waals surface area contributed by atoms with E-state index in [2.05, 4.69) is 26.1 Å². The summed E-state index contributed by atoms with van der Waals surface area (Å²) in [6.45, 7) is 10.6. The largest absolute Gasteiger partial charge is 0.381 e. The fourth-order valence-corrected chi connectivity index (χ4v) is 4.75. The number of hydrogen-bond acceptors (Lipinski definition) is 2. The highest BCUT2D eigenvalue weighted by Gasteiger charge is 2.72. The molecule has 17 heavy (non-hydrogen) atoms. The van der Waals surface area contributed by atoms with E-state index in [1.54, 1.807) is 0 Å². The van der Waals surface area contributed by atoms with E-state index in [4.69, 9.17) is 4.74 Å². The first-order valence-electron chi connectivity index (χ1n) is 7.44. The summed E-state index contributed by atoms with van der Waals surface area (Å²) in [5, 5.41) is 3.75. The van der Waals surface area contributed by atoms with Crippen molar-refractivity contribution in [2.45, 2.75) is 52.5 Å². The third kappa shape index (κ3) is 1.67. The van der Waals surface area contributed by atoms with Crippen molar-refractivity contribution in [2.75, 3.05) is 19.8 Å². The Balaban J connectivity index is 1.69. The van der Waals surface area contributed by atoms with E-state index in [1.165, 1.54) is 32.2 Å². The second-order valence-corrected chi connectivity index (χ2v) is 6.91. The molecule has 3 aliphatic rings. The molecule has 0 amide bonds. The maximum atomic E-state index is 5.64. The lowest BCUT2D eigenvalue weighted by atomic mass is 9.79.